The molecule has 170 valence electrons. The van der Waals surface area contributed by atoms with Crippen LogP contribution in [0.4, 0.5) is 10.1 Å². The summed E-state index contributed by atoms with van der Waals surface area (Å²) in [5.74, 6) is -2.29. The average Bonchev–Trinajstić information content (AvgIpc) is 2.84. The van der Waals surface area contributed by atoms with Crippen LogP contribution in [0.2, 0.25) is 5.02 Å². The Morgan fingerprint density at radius 2 is 1.52 bits per heavy atom. The molecule has 3 aromatic carbocycles. The number of benzene rings is 3. The number of carbonyl (C=O) groups excluding carboxylic acids is 3. The van der Waals surface area contributed by atoms with Crippen LogP contribution in [0, 0.1) is 5.82 Å². The third kappa shape index (κ3) is 5.75. The number of amides is 2. The maximum absolute atomic E-state index is 14.0. The van der Waals surface area contributed by atoms with Gasteiger partial charge in [-0.05, 0) is 36.4 Å². The van der Waals surface area contributed by atoms with E-state index in [1.54, 1.807) is 43.4 Å². The molecule has 0 heterocycles. The smallest absolute Gasteiger partial charge is 0.339 e. The van der Waals surface area contributed by atoms with Crippen LogP contribution in [0.25, 0.3) is 0 Å². The van der Waals surface area contributed by atoms with Crippen molar-refractivity contribution in [3.05, 3.63) is 100 Å². The molecule has 0 radical (unpaired) electrons. The average molecular weight is 469 g/mol. The molecule has 0 unspecified atom stereocenters. The van der Waals surface area contributed by atoms with Gasteiger partial charge in [-0.1, -0.05) is 48.0 Å². The number of halogens is 2. The fourth-order valence-corrected chi connectivity index (χ4v) is 3.34. The van der Waals surface area contributed by atoms with E-state index in [4.69, 9.17) is 16.3 Å². The van der Waals surface area contributed by atoms with Crippen molar-refractivity contribution in [2.75, 3.05) is 25.6 Å². The molecule has 8 heteroatoms. The monoisotopic (exact) mass is 468 g/mol. The highest BCUT2D eigenvalue weighted by molar-refractivity contribution is 6.31. The highest BCUT2D eigenvalue weighted by atomic mass is 35.5. The third-order valence-corrected chi connectivity index (χ3v) is 5.39. The van der Waals surface area contributed by atoms with Gasteiger partial charge in [-0.2, -0.15) is 0 Å². The summed E-state index contributed by atoms with van der Waals surface area (Å²) in [5.41, 5.74) is 1.01. The number of ether oxygens (including phenoxy) is 1. The molecule has 0 aromatic heterocycles. The zero-order valence-electron chi connectivity index (χ0n) is 18.1. The van der Waals surface area contributed by atoms with Gasteiger partial charge in [-0.3, -0.25) is 9.59 Å². The number of anilines is 1. The zero-order chi connectivity index (χ0) is 24.0. The number of likely N-dealkylation sites (N-methyl/N-ethyl adjacent to an activating group) is 1. The van der Waals surface area contributed by atoms with Gasteiger partial charge >= 0.3 is 5.97 Å². The molecule has 0 fully saturated rings. The summed E-state index contributed by atoms with van der Waals surface area (Å²) >= 11 is 6.00. The number of rotatable bonds is 7. The lowest BCUT2D eigenvalue weighted by Gasteiger charge is -2.20. The van der Waals surface area contributed by atoms with Gasteiger partial charge in [-0.25, -0.2) is 9.18 Å². The quantitative estimate of drug-likeness (QED) is 0.476. The molecule has 0 spiro atoms. The van der Waals surface area contributed by atoms with Gasteiger partial charge in [0.2, 0.25) is 0 Å². The number of hydrogen-bond acceptors (Lipinski definition) is 4. The molecule has 0 saturated carbocycles. The van der Waals surface area contributed by atoms with E-state index in [0.717, 1.165) is 0 Å². The summed E-state index contributed by atoms with van der Waals surface area (Å²) < 4.78 is 19.1. The molecule has 0 atom stereocenters. The lowest BCUT2D eigenvalue weighted by Crippen LogP contribution is -2.32. The van der Waals surface area contributed by atoms with Crippen LogP contribution in [-0.4, -0.2) is 43.4 Å². The first-order valence-corrected chi connectivity index (χ1v) is 10.4. The first-order valence-electron chi connectivity index (χ1n) is 10.1. The summed E-state index contributed by atoms with van der Waals surface area (Å²) in [4.78, 5) is 40.7. The van der Waals surface area contributed by atoms with Crippen molar-refractivity contribution in [2.45, 2.75) is 6.54 Å². The fourth-order valence-electron chi connectivity index (χ4n) is 3.12. The normalized spacial score (nSPS) is 10.4. The number of esters is 1. The minimum absolute atomic E-state index is 0.0397. The Morgan fingerprint density at radius 1 is 0.879 bits per heavy atom. The molecule has 33 heavy (non-hydrogen) atoms. The van der Waals surface area contributed by atoms with E-state index in [9.17, 15) is 18.8 Å². The van der Waals surface area contributed by atoms with Crippen molar-refractivity contribution in [3.63, 3.8) is 0 Å². The van der Waals surface area contributed by atoms with Crippen molar-refractivity contribution < 1.29 is 23.5 Å². The topological polar surface area (TPSA) is 66.9 Å². The second-order valence-electron chi connectivity index (χ2n) is 7.27. The molecule has 0 bridgehead atoms. The summed E-state index contributed by atoms with van der Waals surface area (Å²) in [5, 5.41) is 0.196. The van der Waals surface area contributed by atoms with Crippen LogP contribution in [0.15, 0.2) is 72.8 Å². The Balaban J connectivity index is 1.67. The first kappa shape index (κ1) is 23.9. The van der Waals surface area contributed by atoms with Crippen LogP contribution >= 0.6 is 11.6 Å². The van der Waals surface area contributed by atoms with Gasteiger partial charge in [-0.15, -0.1) is 0 Å². The van der Waals surface area contributed by atoms with Crippen molar-refractivity contribution in [3.8, 4) is 0 Å². The molecule has 6 nitrogen and oxygen atoms in total. The maximum atomic E-state index is 14.0. The lowest BCUT2D eigenvalue weighted by atomic mass is 10.1. The van der Waals surface area contributed by atoms with Gasteiger partial charge < -0.3 is 14.5 Å². The Hall–Kier alpha value is -3.71. The zero-order valence-corrected chi connectivity index (χ0v) is 18.9. The minimum Gasteiger partial charge on any atom is -0.452 e. The Kier molecular flexibility index (Phi) is 7.79. The molecular weight excluding hydrogens is 447 g/mol. The number of para-hydroxylation sites is 1. The lowest BCUT2D eigenvalue weighted by molar-refractivity contribution is -0.133. The number of hydrogen-bond donors (Lipinski definition) is 0. The third-order valence-electron chi connectivity index (χ3n) is 5.03. The van der Waals surface area contributed by atoms with Crippen LogP contribution < -0.4 is 4.90 Å². The highest BCUT2D eigenvalue weighted by Crippen LogP contribution is 2.21. The molecule has 0 N–H and O–H groups in total. The van der Waals surface area contributed by atoms with E-state index >= 15 is 0 Å². The molecule has 0 aliphatic heterocycles. The van der Waals surface area contributed by atoms with E-state index in [-0.39, 0.29) is 28.3 Å². The van der Waals surface area contributed by atoms with Gasteiger partial charge in [0, 0.05) is 36.9 Å². The highest BCUT2D eigenvalue weighted by Gasteiger charge is 2.23. The predicted octanol–water partition coefficient (Wildman–Crippen LogP) is 4.57. The van der Waals surface area contributed by atoms with Crippen molar-refractivity contribution in [1.29, 1.82) is 0 Å². The second-order valence-corrected chi connectivity index (χ2v) is 7.68. The van der Waals surface area contributed by atoms with Gasteiger partial charge in [0.05, 0.1) is 11.1 Å². The Labute approximate surface area is 196 Å². The van der Waals surface area contributed by atoms with Crippen molar-refractivity contribution >= 4 is 35.1 Å². The minimum atomic E-state index is -0.814. The van der Waals surface area contributed by atoms with Gasteiger partial charge in [0.15, 0.2) is 6.61 Å². The number of carbonyl (C=O) groups is 3. The molecule has 3 aromatic rings. The van der Waals surface area contributed by atoms with Crippen LogP contribution in [-0.2, 0) is 16.1 Å². The molecular formula is C25H22ClFN2O4. The molecule has 0 aliphatic carbocycles. The van der Waals surface area contributed by atoms with E-state index in [2.05, 4.69) is 0 Å². The largest absolute Gasteiger partial charge is 0.452 e. The van der Waals surface area contributed by atoms with Crippen LogP contribution in [0.3, 0.4) is 0 Å². The van der Waals surface area contributed by atoms with Crippen molar-refractivity contribution in [1.82, 2.24) is 4.90 Å². The molecule has 0 saturated heterocycles. The van der Waals surface area contributed by atoms with Crippen molar-refractivity contribution in [2.24, 2.45) is 0 Å². The van der Waals surface area contributed by atoms with E-state index in [0.29, 0.717) is 5.69 Å². The summed E-state index contributed by atoms with van der Waals surface area (Å²) in [7, 11) is 3.05. The Bertz CT molecular complexity index is 1150. The Morgan fingerprint density at radius 3 is 2.18 bits per heavy atom. The molecule has 3 rings (SSSR count). The second kappa shape index (κ2) is 10.7. The molecule has 0 aliphatic rings. The summed E-state index contributed by atoms with van der Waals surface area (Å²) in [6.45, 7) is -0.655. The number of nitrogens with zero attached hydrogens (tertiary/aromatic N) is 2. The van der Waals surface area contributed by atoms with Crippen LogP contribution in [0.5, 0.6) is 0 Å². The molecule has 2 amide bonds. The fraction of sp³-hybridized carbons (Fsp3) is 0.160. The summed E-state index contributed by atoms with van der Waals surface area (Å²) in [6.07, 6.45) is 0. The SMILES string of the molecule is CN(Cc1c(F)cccc1Cl)C(=O)COC(=O)c1ccccc1C(=O)N(C)c1ccccc1. The summed E-state index contributed by atoms with van der Waals surface area (Å²) in [6, 6.07) is 19.5. The van der Waals surface area contributed by atoms with Crippen LogP contribution in [0.1, 0.15) is 26.3 Å². The van der Waals surface area contributed by atoms with E-state index < -0.39 is 30.2 Å². The van der Waals surface area contributed by atoms with Gasteiger partial charge in [0.25, 0.3) is 11.8 Å². The van der Waals surface area contributed by atoms with E-state index in [1.165, 1.54) is 47.2 Å². The van der Waals surface area contributed by atoms with Gasteiger partial charge in [0.1, 0.15) is 5.82 Å². The maximum Gasteiger partial charge on any atom is 0.339 e. The predicted molar refractivity (Wildman–Crippen MR) is 124 cm³/mol. The first-order chi connectivity index (χ1) is 15.8. The van der Waals surface area contributed by atoms with E-state index in [1.807, 2.05) is 6.07 Å². The standard InChI is InChI=1S/C25H22ClFN2O4/c1-28(15-20-21(26)13-8-14-22(20)27)23(30)16-33-25(32)19-12-7-6-11-18(19)24(31)29(2)17-9-4-3-5-10-17/h3-14H,15-16H2,1-2H3.